The van der Waals surface area contributed by atoms with Gasteiger partial charge in [0.1, 0.15) is 5.82 Å². The van der Waals surface area contributed by atoms with Crippen LogP contribution < -0.4 is 0 Å². The zero-order valence-corrected chi connectivity index (χ0v) is 10.2. The highest BCUT2D eigenvalue weighted by atomic mass is 35.5. The third-order valence-corrected chi connectivity index (χ3v) is 2.77. The van der Waals surface area contributed by atoms with Gasteiger partial charge in [0, 0.05) is 5.56 Å². The number of aryl methyl sites for hydroxylation is 1. The molecule has 0 saturated heterocycles. The number of hydrogen-bond acceptors (Lipinski definition) is 3. The van der Waals surface area contributed by atoms with E-state index in [2.05, 4.69) is 20.2 Å². The Morgan fingerprint density at radius 1 is 1.22 bits per heavy atom. The standard InChI is InChI=1S/C12H8ClFN4/c1-6-2-7(4-8(14)3-6)10-9-5-15-18-11(9)17-12(13)16-10/h2-5H,1H3,(H,15,16,17,18). The van der Waals surface area contributed by atoms with Crippen LogP contribution in [0.4, 0.5) is 4.39 Å². The first kappa shape index (κ1) is 11.1. The maximum absolute atomic E-state index is 13.4. The van der Waals surface area contributed by atoms with Crippen LogP contribution in [0.2, 0.25) is 5.28 Å². The van der Waals surface area contributed by atoms with E-state index in [4.69, 9.17) is 11.6 Å². The van der Waals surface area contributed by atoms with E-state index in [0.29, 0.717) is 22.3 Å². The number of fused-ring (bicyclic) bond motifs is 1. The number of halogens is 2. The van der Waals surface area contributed by atoms with Gasteiger partial charge in [0.15, 0.2) is 5.65 Å². The second kappa shape index (κ2) is 4.03. The molecular formula is C12H8ClFN4. The molecule has 0 fully saturated rings. The van der Waals surface area contributed by atoms with Crippen LogP contribution in [0.3, 0.4) is 0 Å². The van der Waals surface area contributed by atoms with Gasteiger partial charge in [-0.05, 0) is 42.3 Å². The summed E-state index contributed by atoms with van der Waals surface area (Å²) in [5, 5.41) is 7.43. The number of H-pyrrole nitrogens is 1. The van der Waals surface area contributed by atoms with Crippen molar-refractivity contribution in [2.75, 3.05) is 0 Å². The molecule has 0 amide bonds. The van der Waals surface area contributed by atoms with E-state index in [9.17, 15) is 4.39 Å². The number of rotatable bonds is 1. The second-order valence-electron chi connectivity index (χ2n) is 3.99. The molecule has 0 radical (unpaired) electrons. The van der Waals surface area contributed by atoms with Crippen LogP contribution in [0.15, 0.2) is 24.4 Å². The third kappa shape index (κ3) is 1.82. The highest BCUT2D eigenvalue weighted by Gasteiger charge is 2.11. The lowest BCUT2D eigenvalue weighted by Gasteiger charge is -2.04. The number of benzene rings is 1. The molecule has 18 heavy (non-hydrogen) atoms. The number of aromatic nitrogens is 4. The number of nitrogens with zero attached hydrogens (tertiary/aromatic N) is 3. The molecule has 2 heterocycles. The van der Waals surface area contributed by atoms with Gasteiger partial charge in [0.05, 0.1) is 17.3 Å². The lowest BCUT2D eigenvalue weighted by molar-refractivity contribution is 0.627. The van der Waals surface area contributed by atoms with E-state index in [1.165, 1.54) is 12.1 Å². The molecule has 0 unspecified atom stereocenters. The SMILES string of the molecule is Cc1cc(F)cc(-c2nc(Cl)nc3[nH]ncc23)c1. The molecule has 3 aromatic rings. The zero-order valence-electron chi connectivity index (χ0n) is 9.41. The molecule has 0 bridgehead atoms. The van der Waals surface area contributed by atoms with Gasteiger partial charge in [-0.2, -0.15) is 10.1 Å². The van der Waals surface area contributed by atoms with E-state index in [0.717, 1.165) is 5.56 Å². The summed E-state index contributed by atoms with van der Waals surface area (Å²) in [4.78, 5) is 8.16. The van der Waals surface area contributed by atoms with Gasteiger partial charge in [-0.3, -0.25) is 5.10 Å². The Bertz CT molecular complexity index is 718. The van der Waals surface area contributed by atoms with E-state index < -0.39 is 0 Å². The zero-order chi connectivity index (χ0) is 12.7. The molecule has 0 spiro atoms. The summed E-state index contributed by atoms with van der Waals surface area (Å²) in [6.07, 6.45) is 1.60. The third-order valence-electron chi connectivity index (χ3n) is 2.60. The van der Waals surface area contributed by atoms with Crippen LogP contribution in [-0.4, -0.2) is 20.2 Å². The van der Waals surface area contributed by atoms with Gasteiger partial charge in [-0.1, -0.05) is 0 Å². The summed E-state index contributed by atoms with van der Waals surface area (Å²) in [5.41, 5.74) is 2.58. The Labute approximate surface area is 107 Å². The first-order valence-corrected chi connectivity index (χ1v) is 5.65. The molecule has 0 aliphatic carbocycles. The van der Waals surface area contributed by atoms with Crippen molar-refractivity contribution >= 4 is 22.6 Å². The van der Waals surface area contributed by atoms with Crippen LogP contribution in [0.1, 0.15) is 5.56 Å². The van der Waals surface area contributed by atoms with Crippen LogP contribution in [-0.2, 0) is 0 Å². The average molecular weight is 263 g/mol. The van der Waals surface area contributed by atoms with Crippen molar-refractivity contribution in [3.05, 3.63) is 41.1 Å². The molecule has 0 saturated carbocycles. The quantitative estimate of drug-likeness (QED) is 0.686. The molecule has 1 N–H and O–H groups in total. The van der Waals surface area contributed by atoms with Crippen LogP contribution >= 0.6 is 11.6 Å². The molecule has 3 rings (SSSR count). The number of hydrogen-bond donors (Lipinski definition) is 1. The fourth-order valence-electron chi connectivity index (χ4n) is 1.90. The molecule has 4 nitrogen and oxygen atoms in total. The summed E-state index contributed by atoms with van der Waals surface area (Å²) >= 11 is 5.85. The minimum Gasteiger partial charge on any atom is -0.261 e. The normalized spacial score (nSPS) is 11.1. The fourth-order valence-corrected chi connectivity index (χ4v) is 2.07. The monoisotopic (exact) mass is 262 g/mol. The first-order valence-electron chi connectivity index (χ1n) is 5.27. The average Bonchev–Trinajstić information content (AvgIpc) is 2.74. The fraction of sp³-hybridized carbons (Fsp3) is 0.0833. The molecule has 6 heteroatoms. The van der Waals surface area contributed by atoms with Gasteiger partial charge in [-0.15, -0.1) is 0 Å². The number of nitrogens with one attached hydrogen (secondary N) is 1. The first-order chi connectivity index (χ1) is 8.63. The molecule has 1 aromatic carbocycles. The summed E-state index contributed by atoms with van der Waals surface area (Å²) in [6, 6.07) is 4.71. The largest absolute Gasteiger partial charge is 0.261 e. The Morgan fingerprint density at radius 3 is 2.83 bits per heavy atom. The van der Waals surface area contributed by atoms with Gasteiger partial charge < -0.3 is 0 Å². The van der Waals surface area contributed by atoms with Crippen LogP contribution in [0.25, 0.3) is 22.3 Å². The molecular weight excluding hydrogens is 255 g/mol. The summed E-state index contributed by atoms with van der Waals surface area (Å²) in [6.45, 7) is 1.82. The summed E-state index contributed by atoms with van der Waals surface area (Å²) in [7, 11) is 0. The Kier molecular flexibility index (Phi) is 2.48. The second-order valence-corrected chi connectivity index (χ2v) is 4.33. The van der Waals surface area contributed by atoms with Crippen LogP contribution in [0, 0.1) is 12.7 Å². The number of aromatic amines is 1. The van der Waals surface area contributed by atoms with E-state index in [1.54, 1.807) is 6.20 Å². The van der Waals surface area contributed by atoms with Crippen molar-refractivity contribution in [1.29, 1.82) is 0 Å². The van der Waals surface area contributed by atoms with Crippen molar-refractivity contribution in [3.63, 3.8) is 0 Å². The van der Waals surface area contributed by atoms with Crippen molar-refractivity contribution in [3.8, 4) is 11.3 Å². The molecule has 0 atom stereocenters. The Hall–Kier alpha value is -2.01. The predicted octanol–water partition coefficient (Wildman–Crippen LogP) is 3.12. The van der Waals surface area contributed by atoms with Crippen molar-refractivity contribution in [1.82, 2.24) is 20.2 Å². The minimum absolute atomic E-state index is 0.101. The molecule has 0 aliphatic heterocycles. The van der Waals surface area contributed by atoms with Crippen molar-refractivity contribution in [2.24, 2.45) is 0 Å². The van der Waals surface area contributed by atoms with Crippen molar-refractivity contribution < 1.29 is 4.39 Å². The van der Waals surface area contributed by atoms with E-state index >= 15 is 0 Å². The van der Waals surface area contributed by atoms with Gasteiger partial charge >= 0.3 is 0 Å². The van der Waals surface area contributed by atoms with Gasteiger partial charge in [0.2, 0.25) is 5.28 Å². The van der Waals surface area contributed by atoms with E-state index in [-0.39, 0.29) is 11.1 Å². The molecule has 2 aromatic heterocycles. The highest BCUT2D eigenvalue weighted by Crippen LogP contribution is 2.27. The van der Waals surface area contributed by atoms with Gasteiger partial charge in [0.25, 0.3) is 0 Å². The maximum atomic E-state index is 13.4. The minimum atomic E-state index is -0.309. The van der Waals surface area contributed by atoms with E-state index in [1.807, 2.05) is 13.0 Å². The Balaban J connectivity index is 2.33. The topological polar surface area (TPSA) is 54.5 Å². The highest BCUT2D eigenvalue weighted by molar-refractivity contribution is 6.28. The maximum Gasteiger partial charge on any atom is 0.224 e. The lowest BCUT2D eigenvalue weighted by Crippen LogP contribution is -1.91. The smallest absolute Gasteiger partial charge is 0.224 e. The Morgan fingerprint density at radius 2 is 2.06 bits per heavy atom. The molecule has 0 aliphatic rings. The van der Waals surface area contributed by atoms with Crippen LogP contribution in [0.5, 0.6) is 0 Å². The molecule has 90 valence electrons. The summed E-state index contributed by atoms with van der Waals surface area (Å²) < 4.78 is 13.4. The van der Waals surface area contributed by atoms with Crippen molar-refractivity contribution in [2.45, 2.75) is 6.92 Å². The summed E-state index contributed by atoms with van der Waals surface area (Å²) in [5.74, 6) is -0.309. The lowest BCUT2D eigenvalue weighted by atomic mass is 10.1. The van der Waals surface area contributed by atoms with Gasteiger partial charge in [-0.25, -0.2) is 9.37 Å². The predicted molar refractivity (Wildman–Crippen MR) is 66.8 cm³/mol.